The highest BCUT2D eigenvalue weighted by Gasteiger charge is 2.36. The fraction of sp³-hybridized carbons (Fsp3) is 0.174. The summed E-state index contributed by atoms with van der Waals surface area (Å²) in [5.41, 5.74) is 3.52. The fourth-order valence-electron chi connectivity index (χ4n) is 3.54. The number of carbonyl (C=O) groups is 1. The van der Waals surface area contributed by atoms with Crippen molar-refractivity contribution in [2.75, 3.05) is 19.5 Å². The number of nitrogens with zero attached hydrogens (tertiary/aromatic N) is 1. The molecule has 0 spiro atoms. The Bertz CT molecular complexity index is 988. The Kier molecular flexibility index (Phi) is 4.89. The van der Waals surface area contributed by atoms with Crippen LogP contribution in [0.2, 0.25) is 0 Å². The molecule has 4 rings (SSSR count). The summed E-state index contributed by atoms with van der Waals surface area (Å²) >= 11 is 0. The zero-order valence-electron chi connectivity index (χ0n) is 15.9. The van der Waals surface area contributed by atoms with Crippen LogP contribution in [-0.2, 0) is 6.54 Å². The van der Waals surface area contributed by atoms with Gasteiger partial charge in [-0.1, -0.05) is 48.5 Å². The van der Waals surface area contributed by atoms with Gasteiger partial charge >= 0.3 is 0 Å². The highest BCUT2D eigenvalue weighted by atomic mass is 16.5. The number of hydrogen-bond donors (Lipinski definition) is 1. The van der Waals surface area contributed by atoms with E-state index in [0.717, 1.165) is 28.1 Å². The van der Waals surface area contributed by atoms with Gasteiger partial charge in [0.15, 0.2) is 0 Å². The van der Waals surface area contributed by atoms with Gasteiger partial charge in [-0.05, 0) is 23.8 Å². The second kappa shape index (κ2) is 7.64. The maximum Gasteiger partial charge on any atom is 0.256 e. The van der Waals surface area contributed by atoms with Crippen molar-refractivity contribution >= 4 is 11.6 Å². The predicted molar refractivity (Wildman–Crippen MR) is 109 cm³/mol. The minimum absolute atomic E-state index is 0.0128. The molecule has 5 heteroatoms. The van der Waals surface area contributed by atoms with Crippen LogP contribution in [0.5, 0.6) is 11.5 Å². The third kappa shape index (κ3) is 3.27. The van der Waals surface area contributed by atoms with Gasteiger partial charge in [-0.15, -0.1) is 0 Å². The first kappa shape index (κ1) is 17.9. The minimum atomic E-state index is -0.301. The van der Waals surface area contributed by atoms with Crippen molar-refractivity contribution in [1.82, 2.24) is 4.90 Å². The van der Waals surface area contributed by atoms with E-state index >= 15 is 0 Å². The molecule has 1 amide bonds. The lowest BCUT2D eigenvalue weighted by atomic mass is 10.1. The van der Waals surface area contributed by atoms with E-state index in [0.29, 0.717) is 12.3 Å². The van der Waals surface area contributed by atoms with E-state index in [9.17, 15) is 4.79 Å². The molecule has 1 atom stereocenters. The van der Waals surface area contributed by atoms with Gasteiger partial charge in [-0.25, -0.2) is 0 Å². The molecule has 0 unspecified atom stereocenters. The Morgan fingerprint density at radius 1 is 0.929 bits per heavy atom. The summed E-state index contributed by atoms with van der Waals surface area (Å²) in [4.78, 5) is 15.0. The number of benzene rings is 3. The average Bonchev–Trinajstić information content (AvgIpc) is 3.00. The average molecular weight is 374 g/mol. The molecule has 28 heavy (non-hydrogen) atoms. The van der Waals surface area contributed by atoms with Crippen molar-refractivity contribution in [3.05, 3.63) is 89.5 Å². The molecule has 1 N–H and O–H groups in total. The van der Waals surface area contributed by atoms with Crippen LogP contribution >= 0.6 is 0 Å². The molecule has 0 radical (unpaired) electrons. The van der Waals surface area contributed by atoms with Crippen LogP contribution in [0.4, 0.5) is 5.69 Å². The van der Waals surface area contributed by atoms with Crippen molar-refractivity contribution in [3.8, 4) is 11.5 Å². The lowest BCUT2D eigenvalue weighted by Gasteiger charge is -2.28. The first-order valence-corrected chi connectivity index (χ1v) is 9.13. The van der Waals surface area contributed by atoms with Crippen molar-refractivity contribution in [3.63, 3.8) is 0 Å². The van der Waals surface area contributed by atoms with Crippen molar-refractivity contribution in [2.45, 2.75) is 12.7 Å². The number of ether oxygens (including phenoxy) is 2. The van der Waals surface area contributed by atoms with E-state index in [1.807, 2.05) is 77.7 Å². The molecule has 142 valence electrons. The molecule has 1 heterocycles. The molecule has 5 nitrogen and oxygen atoms in total. The molecule has 0 saturated carbocycles. The highest BCUT2D eigenvalue weighted by molar-refractivity contribution is 5.99. The fourth-order valence-corrected chi connectivity index (χ4v) is 3.54. The van der Waals surface area contributed by atoms with Crippen LogP contribution in [0, 0.1) is 0 Å². The van der Waals surface area contributed by atoms with E-state index in [-0.39, 0.29) is 12.1 Å². The monoisotopic (exact) mass is 374 g/mol. The van der Waals surface area contributed by atoms with Gasteiger partial charge in [0.2, 0.25) is 0 Å². The third-order valence-corrected chi connectivity index (χ3v) is 4.95. The van der Waals surface area contributed by atoms with Crippen LogP contribution < -0.4 is 14.8 Å². The van der Waals surface area contributed by atoms with Gasteiger partial charge in [-0.2, -0.15) is 0 Å². The van der Waals surface area contributed by atoms with Gasteiger partial charge in [0.05, 0.1) is 19.9 Å². The third-order valence-electron chi connectivity index (χ3n) is 4.95. The van der Waals surface area contributed by atoms with Crippen LogP contribution in [0.3, 0.4) is 0 Å². The quantitative estimate of drug-likeness (QED) is 0.692. The predicted octanol–water partition coefficient (Wildman–Crippen LogP) is 4.47. The highest BCUT2D eigenvalue weighted by Crippen LogP contribution is 2.38. The topological polar surface area (TPSA) is 50.8 Å². The molecule has 0 aromatic heterocycles. The van der Waals surface area contributed by atoms with Crippen LogP contribution in [-0.4, -0.2) is 25.0 Å². The summed E-state index contributed by atoms with van der Waals surface area (Å²) in [5, 5.41) is 3.49. The van der Waals surface area contributed by atoms with Crippen LogP contribution in [0.1, 0.15) is 27.7 Å². The Labute approximate surface area is 164 Å². The first-order chi connectivity index (χ1) is 13.7. The van der Waals surface area contributed by atoms with Gasteiger partial charge < -0.3 is 19.7 Å². The first-order valence-electron chi connectivity index (χ1n) is 9.13. The van der Waals surface area contributed by atoms with Crippen LogP contribution in [0.25, 0.3) is 0 Å². The van der Waals surface area contributed by atoms with Crippen molar-refractivity contribution < 1.29 is 14.3 Å². The Hall–Kier alpha value is -3.47. The number of hydrogen-bond acceptors (Lipinski definition) is 4. The molecule has 0 aliphatic carbocycles. The second-order valence-corrected chi connectivity index (χ2v) is 6.62. The summed E-state index contributed by atoms with van der Waals surface area (Å²) in [6.45, 7) is 0.512. The number of nitrogens with one attached hydrogen (secondary N) is 1. The number of amides is 1. The molecule has 0 fully saturated rings. The Morgan fingerprint density at radius 2 is 1.68 bits per heavy atom. The Balaban J connectivity index is 1.72. The summed E-state index contributed by atoms with van der Waals surface area (Å²) < 4.78 is 10.9. The molecule has 1 aliphatic rings. The van der Waals surface area contributed by atoms with Gasteiger partial charge in [-0.3, -0.25) is 4.79 Å². The number of carbonyl (C=O) groups excluding carboxylic acids is 1. The van der Waals surface area contributed by atoms with Crippen LogP contribution in [0.15, 0.2) is 72.8 Å². The van der Waals surface area contributed by atoms with E-state index in [2.05, 4.69) is 5.32 Å². The molecule has 3 aromatic carbocycles. The molecule has 0 bridgehead atoms. The normalized spacial score (nSPS) is 15.3. The molecule has 0 saturated heterocycles. The molecule has 3 aromatic rings. The summed E-state index contributed by atoms with van der Waals surface area (Å²) in [7, 11) is 3.25. The standard InChI is InChI=1S/C23H22N2O3/c1-27-17-12-13-21(28-2)20(14-17)24-22-18-10-6-7-11-19(18)23(26)25(22)15-16-8-4-3-5-9-16/h3-14,22,24H,15H2,1-2H3/t22-/m0/s1. The minimum Gasteiger partial charge on any atom is -0.497 e. The maximum atomic E-state index is 13.1. The number of anilines is 1. The van der Waals surface area contributed by atoms with Gasteiger partial charge in [0, 0.05) is 23.7 Å². The van der Waals surface area contributed by atoms with Gasteiger partial charge in [0.1, 0.15) is 17.7 Å². The zero-order chi connectivity index (χ0) is 19.5. The lowest BCUT2D eigenvalue weighted by molar-refractivity contribution is 0.0728. The maximum absolute atomic E-state index is 13.1. The number of fused-ring (bicyclic) bond motifs is 1. The summed E-state index contributed by atoms with van der Waals surface area (Å²) in [6, 6.07) is 23.3. The summed E-state index contributed by atoms with van der Waals surface area (Å²) in [6.07, 6.45) is -0.301. The SMILES string of the molecule is COc1ccc(OC)c(N[C@@H]2c3ccccc3C(=O)N2Cc2ccccc2)c1. The molecule has 1 aliphatic heterocycles. The zero-order valence-corrected chi connectivity index (χ0v) is 15.9. The summed E-state index contributed by atoms with van der Waals surface area (Å²) in [5.74, 6) is 1.42. The van der Waals surface area contributed by atoms with E-state index in [1.165, 1.54) is 0 Å². The molecular weight excluding hydrogens is 352 g/mol. The number of rotatable bonds is 6. The molecular formula is C23H22N2O3. The van der Waals surface area contributed by atoms with Crippen molar-refractivity contribution in [1.29, 1.82) is 0 Å². The number of methoxy groups -OCH3 is 2. The second-order valence-electron chi connectivity index (χ2n) is 6.62. The van der Waals surface area contributed by atoms with E-state index in [1.54, 1.807) is 14.2 Å². The Morgan fingerprint density at radius 3 is 2.43 bits per heavy atom. The smallest absolute Gasteiger partial charge is 0.256 e. The van der Waals surface area contributed by atoms with E-state index in [4.69, 9.17) is 9.47 Å². The largest absolute Gasteiger partial charge is 0.497 e. The van der Waals surface area contributed by atoms with Crippen molar-refractivity contribution in [2.24, 2.45) is 0 Å². The van der Waals surface area contributed by atoms with Gasteiger partial charge in [0.25, 0.3) is 5.91 Å². The van der Waals surface area contributed by atoms with E-state index < -0.39 is 0 Å². The lowest BCUT2D eigenvalue weighted by Crippen LogP contribution is -2.32.